The Hall–Kier alpha value is -1.80. The maximum Gasteiger partial charge on any atom is 0.253 e. The van der Waals surface area contributed by atoms with Gasteiger partial charge in [-0.05, 0) is 29.8 Å². The van der Waals surface area contributed by atoms with Crippen molar-refractivity contribution < 1.29 is 4.79 Å². The van der Waals surface area contributed by atoms with E-state index in [4.69, 9.17) is 11.6 Å². The van der Waals surface area contributed by atoms with Crippen molar-refractivity contribution in [2.45, 2.75) is 6.54 Å². The molecule has 0 aromatic heterocycles. The molecule has 0 aliphatic heterocycles. The molecule has 0 bridgehead atoms. The molecule has 18 heavy (non-hydrogen) atoms. The zero-order chi connectivity index (χ0) is 13.0. The quantitative estimate of drug-likeness (QED) is 0.825. The number of hydrogen-bond acceptors (Lipinski definition) is 1. The van der Waals surface area contributed by atoms with Gasteiger partial charge in [-0.2, -0.15) is 0 Å². The standard InChI is InChI=1S/C15H14ClNO/c1-17(11-12-6-5-9-14(16)10-12)15(18)13-7-3-2-4-8-13/h2-10H,11H2,1H3. The molecular formula is C15H14ClNO. The molecule has 92 valence electrons. The van der Waals surface area contributed by atoms with Crippen LogP contribution in [0, 0.1) is 0 Å². The SMILES string of the molecule is CN(Cc1cccc(Cl)c1)C(=O)c1ccccc1. The van der Waals surface area contributed by atoms with Crippen LogP contribution in [0.25, 0.3) is 0 Å². The van der Waals surface area contributed by atoms with Crippen molar-refractivity contribution in [3.8, 4) is 0 Å². The molecule has 0 aliphatic carbocycles. The predicted octanol–water partition coefficient (Wildman–Crippen LogP) is 3.61. The Bertz CT molecular complexity index is 539. The first-order chi connectivity index (χ1) is 8.66. The van der Waals surface area contributed by atoms with E-state index in [1.54, 1.807) is 11.9 Å². The number of benzene rings is 2. The minimum Gasteiger partial charge on any atom is -0.337 e. The zero-order valence-electron chi connectivity index (χ0n) is 10.1. The Morgan fingerprint density at radius 3 is 2.50 bits per heavy atom. The summed E-state index contributed by atoms with van der Waals surface area (Å²) in [5.41, 5.74) is 1.72. The van der Waals surface area contributed by atoms with Crippen molar-refractivity contribution in [3.05, 3.63) is 70.7 Å². The molecule has 0 radical (unpaired) electrons. The van der Waals surface area contributed by atoms with Gasteiger partial charge in [0.2, 0.25) is 0 Å². The van der Waals surface area contributed by atoms with Crippen molar-refractivity contribution in [2.24, 2.45) is 0 Å². The highest BCUT2D eigenvalue weighted by Gasteiger charge is 2.11. The van der Waals surface area contributed by atoms with Crippen LogP contribution >= 0.6 is 11.6 Å². The Labute approximate surface area is 112 Å². The second kappa shape index (κ2) is 5.69. The summed E-state index contributed by atoms with van der Waals surface area (Å²) in [4.78, 5) is 13.8. The summed E-state index contributed by atoms with van der Waals surface area (Å²) in [6.07, 6.45) is 0. The van der Waals surface area contributed by atoms with E-state index in [0.29, 0.717) is 17.1 Å². The smallest absolute Gasteiger partial charge is 0.253 e. The van der Waals surface area contributed by atoms with Gasteiger partial charge in [0.15, 0.2) is 0 Å². The molecule has 2 aromatic rings. The highest BCUT2D eigenvalue weighted by Crippen LogP contribution is 2.13. The molecule has 0 spiro atoms. The summed E-state index contributed by atoms with van der Waals surface area (Å²) in [6.45, 7) is 0.550. The van der Waals surface area contributed by atoms with Gasteiger partial charge in [-0.3, -0.25) is 4.79 Å². The molecule has 1 amide bonds. The molecule has 2 nitrogen and oxygen atoms in total. The second-order valence-corrected chi connectivity index (χ2v) is 4.59. The third-order valence-corrected chi connectivity index (χ3v) is 2.91. The van der Waals surface area contributed by atoms with Crippen molar-refractivity contribution in [1.29, 1.82) is 0 Å². The second-order valence-electron chi connectivity index (χ2n) is 4.16. The van der Waals surface area contributed by atoms with Crippen LogP contribution in [0.5, 0.6) is 0 Å². The van der Waals surface area contributed by atoms with E-state index >= 15 is 0 Å². The van der Waals surface area contributed by atoms with Gasteiger partial charge < -0.3 is 4.90 Å². The number of rotatable bonds is 3. The number of carbonyl (C=O) groups excluding carboxylic acids is 1. The molecule has 0 saturated heterocycles. The summed E-state index contributed by atoms with van der Waals surface area (Å²) in [7, 11) is 1.79. The van der Waals surface area contributed by atoms with Crippen LogP contribution in [-0.4, -0.2) is 17.9 Å². The average molecular weight is 260 g/mol. The first-order valence-corrected chi connectivity index (χ1v) is 6.09. The van der Waals surface area contributed by atoms with Gasteiger partial charge in [0, 0.05) is 24.2 Å². The third kappa shape index (κ3) is 3.11. The van der Waals surface area contributed by atoms with Crippen LogP contribution < -0.4 is 0 Å². The van der Waals surface area contributed by atoms with Gasteiger partial charge >= 0.3 is 0 Å². The van der Waals surface area contributed by atoms with E-state index in [1.807, 2.05) is 54.6 Å². The van der Waals surface area contributed by atoms with Gasteiger partial charge in [0.1, 0.15) is 0 Å². The number of hydrogen-bond donors (Lipinski definition) is 0. The van der Waals surface area contributed by atoms with Crippen LogP contribution in [0.3, 0.4) is 0 Å². The van der Waals surface area contributed by atoms with Crippen LogP contribution in [0.2, 0.25) is 5.02 Å². The minimum absolute atomic E-state index is 0.00979. The Morgan fingerprint density at radius 1 is 1.11 bits per heavy atom. The molecule has 0 aliphatic rings. The van der Waals surface area contributed by atoms with Crippen molar-refractivity contribution in [3.63, 3.8) is 0 Å². The lowest BCUT2D eigenvalue weighted by atomic mass is 10.1. The van der Waals surface area contributed by atoms with Gasteiger partial charge in [-0.1, -0.05) is 41.9 Å². The summed E-state index contributed by atoms with van der Waals surface area (Å²) in [6, 6.07) is 16.8. The first kappa shape index (κ1) is 12.7. The summed E-state index contributed by atoms with van der Waals surface area (Å²) in [5, 5.41) is 0.688. The normalized spacial score (nSPS) is 10.1. The Kier molecular flexibility index (Phi) is 4.00. The van der Waals surface area contributed by atoms with E-state index in [-0.39, 0.29) is 5.91 Å². The highest BCUT2D eigenvalue weighted by atomic mass is 35.5. The molecule has 0 heterocycles. The molecule has 3 heteroatoms. The van der Waals surface area contributed by atoms with Gasteiger partial charge in [-0.15, -0.1) is 0 Å². The largest absolute Gasteiger partial charge is 0.337 e. The van der Waals surface area contributed by atoms with Gasteiger partial charge in [0.25, 0.3) is 5.91 Å². The molecule has 0 saturated carbocycles. The van der Waals surface area contributed by atoms with E-state index in [2.05, 4.69) is 0 Å². The Balaban J connectivity index is 2.09. The predicted molar refractivity (Wildman–Crippen MR) is 73.7 cm³/mol. The molecule has 0 N–H and O–H groups in total. The molecule has 2 rings (SSSR count). The lowest BCUT2D eigenvalue weighted by Crippen LogP contribution is -2.26. The van der Waals surface area contributed by atoms with Crippen LogP contribution in [0.1, 0.15) is 15.9 Å². The molecule has 0 unspecified atom stereocenters. The topological polar surface area (TPSA) is 20.3 Å². The fourth-order valence-electron chi connectivity index (χ4n) is 1.78. The van der Waals surface area contributed by atoms with Gasteiger partial charge in [-0.25, -0.2) is 0 Å². The highest BCUT2D eigenvalue weighted by molar-refractivity contribution is 6.30. The monoisotopic (exact) mass is 259 g/mol. The fraction of sp³-hybridized carbons (Fsp3) is 0.133. The van der Waals surface area contributed by atoms with Crippen molar-refractivity contribution >= 4 is 17.5 Å². The van der Waals surface area contributed by atoms with E-state index in [0.717, 1.165) is 5.56 Å². The minimum atomic E-state index is 0.00979. The molecule has 0 atom stereocenters. The van der Waals surface area contributed by atoms with Gasteiger partial charge in [0.05, 0.1) is 0 Å². The zero-order valence-corrected chi connectivity index (χ0v) is 10.9. The van der Waals surface area contributed by atoms with Crippen molar-refractivity contribution in [1.82, 2.24) is 4.90 Å². The Morgan fingerprint density at radius 2 is 1.83 bits per heavy atom. The summed E-state index contributed by atoms with van der Waals surface area (Å²) < 4.78 is 0. The summed E-state index contributed by atoms with van der Waals surface area (Å²) >= 11 is 5.92. The maximum atomic E-state index is 12.1. The molecular weight excluding hydrogens is 246 g/mol. The van der Waals surface area contributed by atoms with Crippen LogP contribution in [0.4, 0.5) is 0 Å². The number of halogens is 1. The van der Waals surface area contributed by atoms with E-state index in [1.165, 1.54) is 0 Å². The van der Waals surface area contributed by atoms with Crippen molar-refractivity contribution in [2.75, 3.05) is 7.05 Å². The lowest BCUT2D eigenvalue weighted by molar-refractivity contribution is 0.0785. The number of nitrogens with zero attached hydrogens (tertiary/aromatic N) is 1. The maximum absolute atomic E-state index is 12.1. The van der Waals surface area contributed by atoms with E-state index in [9.17, 15) is 4.79 Å². The number of amides is 1. The fourth-order valence-corrected chi connectivity index (χ4v) is 1.99. The van der Waals surface area contributed by atoms with E-state index < -0.39 is 0 Å². The molecule has 2 aromatic carbocycles. The third-order valence-electron chi connectivity index (χ3n) is 2.68. The van der Waals surface area contributed by atoms with Crippen LogP contribution in [-0.2, 0) is 6.54 Å². The first-order valence-electron chi connectivity index (χ1n) is 5.72. The lowest BCUT2D eigenvalue weighted by Gasteiger charge is -2.17. The molecule has 0 fully saturated rings. The average Bonchev–Trinajstić information content (AvgIpc) is 2.39. The van der Waals surface area contributed by atoms with Crippen LogP contribution in [0.15, 0.2) is 54.6 Å². The summed E-state index contributed by atoms with van der Waals surface area (Å²) in [5.74, 6) is 0.00979. The number of carbonyl (C=O) groups is 1.